The first kappa shape index (κ1) is 10.7. The van der Waals surface area contributed by atoms with E-state index in [2.05, 4.69) is 35.1 Å². The highest BCUT2D eigenvalue weighted by molar-refractivity contribution is 5.11. The third kappa shape index (κ3) is 2.41. The molecule has 84 valence electrons. The summed E-state index contributed by atoms with van der Waals surface area (Å²) in [5.74, 6) is 0. The van der Waals surface area contributed by atoms with Crippen LogP contribution in [0.4, 0.5) is 0 Å². The van der Waals surface area contributed by atoms with Gasteiger partial charge in [0.05, 0.1) is 6.10 Å². The lowest BCUT2D eigenvalue weighted by molar-refractivity contribution is 0.0961. The average Bonchev–Trinajstić information content (AvgIpc) is 2.88. The summed E-state index contributed by atoms with van der Waals surface area (Å²) in [6.07, 6.45) is 4.97. The number of aromatic nitrogens is 1. The van der Waals surface area contributed by atoms with E-state index in [4.69, 9.17) is 4.74 Å². The molecule has 0 aliphatic carbocycles. The highest BCUT2D eigenvalue weighted by Gasteiger charge is 2.17. The Bertz CT molecular complexity index is 302. The van der Waals surface area contributed by atoms with Gasteiger partial charge in [-0.1, -0.05) is 0 Å². The third-order valence-electron chi connectivity index (χ3n) is 3.17. The molecule has 3 heteroatoms. The van der Waals surface area contributed by atoms with Crippen LogP contribution in [0, 0.1) is 0 Å². The molecular weight excluding hydrogens is 188 g/mol. The maximum Gasteiger partial charge on any atom is 0.0754 e. The summed E-state index contributed by atoms with van der Waals surface area (Å²) in [4.78, 5) is 0. The Hall–Kier alpha value is -0.800. The summed E-state index contributed by atoms with van der Waals surface area (Å²) in [7, 11) is 1.99. The van der Waals surface area contributed by atoms with Crippen LogP contribution in [0.3, 0.4) is 0 Å². The monoisotopic (exact) mass is 208 g/mol. The maximum absolute atomic E-state index is 5.65. The molecule has 1 aliphatic rings. The summed E-state index contributed by atoms with van der Waals surface area (Å²) < 4.78 is 7.96. The predicted octanol–water partition coefficient (Wildman–Crippen LogP) is 1.95. The third-order valence-corrected chi connectivity index (χ3v) is 3.17. The molecule has 1 aliphatic heterocycles. The fourth-order valence-electron chi connectivity index (χ4n) is 2.14. The van der Waals surface area contributed by atoms with Gasteiger partial charge in [-0.3, -0.25) is 0 Å². The predicted molar refractivity (Wildman–Crippen MR) is 60.9 cm³/mol. The van der Waals surface area contributed by atoms with Crippen LogP contribution in [-0.4, -0.2) is 24.3 Å². The fraction of sp³-hybridized carbons (Fsp3) is 0.667. The molecule has 0 aromatic carbocycles. The topological polar surface area (TPSA) is 26.2 Å². The van der Waals surface area contributed by atoms with Gasteiger partial charge in [-0.05, 0) is 38.9 Å². The van der Waals surface area contributed by atoms with Gasteiger partial charge in [-0.2, -0.15) is 0 Å². The van der Waals surface area contributed by atoms with E-state index in [1.807, 2.05) is 7.05 Å². The standard InChI is InChI=1S/C12H20N2O/c1-10(13-2)12-6-3-7-14(12)9-11-5-4-8-15-11/h3,6-7,10-11,13H,4-5,8-9H2,1-2H3. The van der Waals surface area contributed by atoms with Gasteiger partial charge >= 0.3 is 0 Å². The van der Waals surface area contributed by atoms with Gasteiger partial charge in [-0.15, -0.1) is 0 Å². The molecule has 1 aromatic heterocycles. The van der Waals surface area contributed by atoms with Gasteiger partial charge < -0.3 is 14.6 Å². The van der Waals surface area contributed by atoms with Crippen molar-refractivity contribution in [1.29, 1.82) is 0 Å². The van der Waals surface area contributed by atoms with E-state index in [-0.39, 0.29) is 0 Å². The van der Waals surface area contributed by atoms with Crippen LogP contribution in [0.15, 0.2) is 18.3 Å². The Kier molecular flexibility index (Phi) is 3.44. The second-order valence-electron chi connectivity index (χ2n) is 4.23. The molecule has 1 aromatic rings. The van der Waals surface area contributed by atoms with Crippen molar-refractivity contribution >= 4 is 0 Å². The Morgan fingerprint density at radius 2 is 2.53 bits per heavy atom. The number of hydrogen-bond acceptors (Lipinski definition) is 2. The van der Waals surface area contributed by atoms with Crippen LogP contribution in [-0.2, 0) is 11.3 Å². The van der Waals surface area contributed by atoms with Crippen LogP contribution >= 0.6 is 0 Å². The van der Waals surface area contributed by atoms with E-state index in [9.17, 15) is 0 Å². The van der Waals surface area contributed by atoms with Gasteiger partial charge in [-0.25, -0.2) is 0 Å². The van der Waals surface area contributed by atoms with Gasteiger partial charge in [0.25, 0.3) is 0 Å². The first-order chi connectivity index (χ1) is 7.31. The summed E-state index contributed by atoms with van der Waals surface area (Å²) in [5, 5.41) is 3.27. The molecule has 1 N–H and O–H groups in total. The molecule has 15 heavy (non-hydrogen) atoms. The lowest BCUT2D eigenvalue weighted by Gasteiger charge is -2.17. The van der Waals surface area contributed by atoms with Crippen molar-refractivity contribution in [3.63, 3.8) is 0 Å². The Morgan fingerprint density at radius 1 is 1.67 bits per heavy atom. The summed E-state index contributed by atoms with van der Waals surface area (Å²) in [6.45, 7) is 4.11. The van der Waals surface area contributed by atoms with E-state index in [0.717, 1.165) is 13.2 Å². The van der Waals surface area contributed by atoms with Crippen LogP contribution in [0.25, 0.3) is 0 Å². The SMILES string of the molecule is CNC(C)c1cccn1CC1CCCO1. The summed E-state index contributed by atoms with van der Waals surface area (Å²) in [5.41, 5.74) is 1.34. The normalized spacial score (nSPS) is 23.2. The minimum atomic E-state index is 0.404. The largest absolute Gasteiger partial charge is 0.376 e. The zero-order valence-electron chi connectivity index (χ0n) is 9.57. The quantitative estimate of drug-likeness (QED) is 0.818. The van der Waals surface area contributed by atoms with Crippen LogP contribution < -0.4 is 5.32 Å². The minimum Gasteiger partial charge on any atom is -0.376 e. The van der Waals surface area contributed by atoms with Gasteiger partial charge in [0.1, 0.15) is 0 Å². The fourth-order valence-corrected chi connectivity index (χ4v) is 2.14. The molecule has 2 heterocycles. The first-order valence-electron chi connectivity index (χ1n) is 5.75. The Labute approximate surface area is 91.4 Å². The second kappa shape index (κ2) is 4.81. The molecule has 3 nitrogen and oxygen atoms in total. The molecular formula is C12H20N2O. The van der Waals surface area contributed by atoms with E-state index >= 15 is 0 Å². The lowest BCUT2D eigenvalue weighted by Crippen LogP contribution is -2.21. The van der Waals surface area contributed by atoms with Crippen LogP contribution in [0.1, 0.15) is 31.5 Å². The molecule has 1 saturated heterocycles. The first-order valence-corrected chi connectivity index (χ1v) is 5.75. The van der Waals surface area contributed by atoms with E-state index in [0.29, 0.717) is 12.1 Å². The van der Waals surface area contributed by atoms with Gasteiger partial charge in [0.2, 0.25) is 0 Å². The van der Waals surface area contributed by atoms with E-state index < -0.39 is 0 Å². The molecule has 1 fully saturated rings. The van der Waals surface area contributed by atoms with E-state index in [1.165, 1.54) is 18.5 Å². The van der Waals surface area contributed by atoms with Crippen LogP contribution in [0.5, 0.6) is 0 Å². The van der Waals surface area contributed by atoms with E-state index in [1.54, 1.807) is 0 Å². The number of rotatable bonds is 4. The molecule has 0 radical (unpaired) electrons. The highest BCUT2D eigenvalue weighted by atomic mass is 16.5. The van der Waals surface area contributed by atoms with Crippen molar-refractivity contribution < 1.29 is 4.74 Å². The number of hydrogen-bond donors (Lipinski definition) is 1. The summed E-state index contributed by atoms with van der Waals surface area (Å²) >= 11 is 0. The highest BCUT2D eigenvalue weighted by Crippen LogP contribution is 2.18. The van der Waals surface area contributed by atoms with Crippen molar-refractivity contribution in [2.24, 2.45) is 0 Å². The zero-order chi connectivity index (χ0) is 10.7. The van der Waals surface area contributed by atoms with Crippen LogP contribution in [0.2, 0.25) is 0 Å². The molecule has 2 atom stereocenters. The van der Waals surface area contributed by atoms with Crippen molar-refractivity contribution in [3.8, 4) is 0 Å². The molecule has 2 unspecified atom stereocenters. The summed E-state index contributed by atoms with van der Waals surface area (Å²) in [6, 6.07) is 4.69. The molecule has 0 bridgehead atoms. The maximum atomic E-state index is 5.65. The van der Waals surface area contributed by atoms with Crippen molar-refractivity contribution in [3.05, 3.63) is 24.0 Å². The van der Waals surface area contributed by atoms with Gasteiger partial charge in [0, 0.05) is 31.1 Å². The lowest BCUT2D eigenvalue weighted by atomic mass is 10.2. The number of nitrogens with one attached hydrogen (secondary N) is 1. The molecule has 0 amide bonds. The smallest absolute Gasteiger partial charge is 0.0754 e. The number of nitrogens with zero attached hydrogens (tertiary/aromatic N) is 1. The van der Waals surface area contributed by atoms with Gasteiger partial charge in [0.15, 0.2) is 0 Å². The second-order valence-corrected chi connectivity index (χ2v) is 4.23. The molecule has 0 saturated carbocycles. The number of ether oxygens (including phenoxy) is 1. The van der Waals surface area contributed by atoms with Crippen molar-refractivity contribution in [2.45, 2.75) is 38.5 Å². The molecule has 0 spiro atoms. The van der Waals surface area contributed by atoms with Crippen molar-refractivity contribution in [2.75, 3.05) is 13.7 Å². The Morgan fingerprint density at radius 3 is 3.20 bits per heavy atom. The Balaban J connectivity index is 2.03. The zero-order valence-corrected chi connectivity index (χ0v) is 9.57. The van der Waals surface area contributed by atoms with Crippen molar-refractivity contribution in [1.82, 2.24) is 9.88 Å². The minimum absolute atomic E-state index is 0.404. The molecule has 2 rings (SSSR count). The average molecular weight is 208 g/mol.